The molecule has 5 nitrogen and oxygen atoms in total. The standard InChI is InChI=1S/C15H24N2O3/c1-4-19-13-8-7-12(10-14(13)20-5-2)17-15(18)9-6-11(3)16/h7-8,10-11H,4-6,9,16H2,1-3H3,(H,17,18). The summed E-state index contributed by atoms with van der Waals surface area (Å²) in [7, 11) is 0. The van der Waals surface area contributed by atoms with Gasteiger partial charge in [0.15, 0.2) is 11.5 Å². The highest BCUT2D eigenvalue weighted by molar-refractivity contribution is 5.91. The lowest BCUT2D eigenvalue weighted by Crippen LogP contribution is -2.19. The van der Waals surface area contributed by atoms with Crippen LogP contribution < -0.4 is 20.5 Å². The Balaban J connectivity index is 2.70. The highest BCUT2D eigenvalue weighted by Crippen LogP contribution is 2.30. The van der Waals surface area contributed by atoms with Gasteiger partial charge < -0.3 is 20.5 Å². The summed E-state index contributed by atoms with van der Waals surface area (Å²) >= 11 is 0. The van der Waals surface area contributed by atoms with E-state index in [2.05, 4.69) is 5.32 Å². The second kappa shape index (κ2) is 8.43. The van der Waals surface area contributed by atoms with E-state index >= 15 is 0 Å². The maximum Gasteiger partial charge on any atom is 0.224 e. The summed E-state index contributed by atoms with van der Waals surface area (Å²) in [6, 6.07) is 5.41. The maximum absolute atomic E-state index is 11.8. The van der Waals surface area contributed by atoms with E-state index < -0.39 is 0 Å². The van der Waals surface area contributed by atoms with Crippen LogP contribution in [0.25, 0.3) is 0 Å². The van der Waals surface area contributed by atoms with Gasteiger partial charge in [-0.2, -0.15) is 0 Å². The molecule has 0 saturated heterocycles. The molecule has 0 bridgehead atoms. The van der Waals surface area contributed by atoms with Gasteiger partial charge in [0.25, 0.3) is 0 Å². The largest absolute Gasteiger partial charge is 0.490 e. The van der Waals surface area contributed by atoms with Crippen molar-refractivity contribution in [3.8, 4) is 11.5 Å². The lowest BCUT2D eigenvalue weighted by atomic mass is 10.2. The van der Waals surface area contributed by atoms with Crippen LogP contribution in [0, 0.1) is 0 Å². The van der Waals surface area contributed by atoms with E-state index in [1.54, 1.807) is 18.2 Å². The molecule has 0 aromatic heterocycles. The first kappa shape index (κ1) is 16.3. The topological polar surface area (TPSA) is 73.6 Å². The fourth-order valence-electron chi connectivity index (χ4n) is 1.71. The van der Waals surface area contributed by atoms with Gasteiger partial charge in [0, 0.05) is 24.2 Å². The summed E-state index contributed by atoms with van der Waals surface area (Å²) in [5.41, 5.74) is 6.33. The Hall–Kier alpha value is -1.75. The highest BCUT2D eigenvalue weighted by Gasteiger charge is 2.09. The van der Waals surface area contributed by atoms with Crippen molar-refractivity contribution in [2.45, 2.75) is 39.7 Å². The third-order valence-corrected chi connectivity index (χ3v) is 2.65. The van der Waals surface area contributed by atoms with E-state index in [1.807, 2.05) is 20.8 Å². The minimum absolute atomic E-state index is 0.0278. The lowest BCUT2D eigenvalue weighted by molar-refractivity contribution is -0.116. The fourth-order valence-corrected chi connectivity index (χ4v) is 1.71. The van der Waals surface area contributed by atoms with Crippen molar-refractivity contribution in [1.29, 1.82) is 0 Å². The smallest absolute Gasteiger partial charge is 0.224 e. The third kappa shape index (κ3) is 5.48. The minimum atomic E-state index is -0.0473. The molecule has 1 amide bonds. The molecular weight excluding hydrogens is 256 g/mol. The second-order valence-corrected chi connectivity index (χ2v) is 4.59. The predicted octanol–water partition coefficient (Wildman–Crippen LogP) is 2.55. The molecule has 0 aliphatic heterocycles. The lowest BCUT2D eigenvalue weighted by Gasteiger charge is -2.13. The summed E-state index contributed by atoms with van der Waals surface area (Å²) in [5.74, 6) is 1.27. The number of carbonyl (C=O) groups is 1. The minimum Gasteiger partial charge on any atom is -0.490 e. The number of rotatable bonds is 8. The molecule has 0 fully saturated rings. The quantitative estimate of drug-likeness (QED) is 0.767. The molecule has 0 saturated carbocycles. The monoisotopic (exact) mass is 280 g/mol. The third-order valence-electron chi connectivity index (χ3n) is 2.65. The zero-order chi connectivity index (χ0) is 15.0. The number of nitrogens with two attached hydrogens (primary N) is 1. The summed E-state index contributed by atoms with van der Waals surface area (Å²) in [5, 5.41) is 2.84. The SMILES string of the molecule is CCOc1ccc(NC(=O)CCC(C)N)cc1OCC. The Morgan fingerprint density at radius 3 is 2.50 bits per heavy atom. The van der Waals surface area contributed by atoms with Crippen molar-refractivity contribution in [2.24, 2.45) is 5.73 Å². The van der Waals surface area contributed by atoms with E-state index in [0.717, 1.165) is 0 Å². The Kier molecular flexibility index (Phi) is 6.87. The molecule has 3 N–H and O–H groups in total. The number of nitrogens with one attached hydrogen (secondary N) is 1. The van der Waals surface area contributed by atoms with Crippen LogP contribution in [0.4, 0.5) is 5.69 Å². The van der Waals surface area contributed by atoms with Crippen molar-refractivity contribution >= 4 is 11.6 Å². The zero-order valence-electron chi connectivity index (χ0n) is 12.4. The van der Waals surface area contributed by atoms with Crippen molar-refractivity contribution in [1.82, 2.24) is 0 Å². The van der Waals surface area contributed by atoms with Crippen LogP contribution in [0.5, 0.6) is 11.5 Å². The van der Waals surface area contributed by atoms with Crippen LogP contribution in [0.3, 0.4) is 0 Å². The summed E-state index contributed by atoms with van der Waals surface area (Å²) in [6.45, 7) is 6.82. The Morgan fingerprint density at radius 2 is 1.90 bits per heavy atom. The molecule has 0 spiro atoms. The van der Waals surface area contributed by atoms with Crippen molar-refractivity contribution in [2.75, 3.05) is 18.5 Å². The summed E-state index contributed by atoms with van der Waals surface area (Å²) < 4.78 is 11.0. The van der Waals surface area contributed by atoms with Gasteiger partial charge >= 0.3 is 0 Å². The number of amides is 1. The first-order valence-electron chi connectivity index (χ1n) is 7.01. The molecule has 1 unspecified atom stereocenters. The molecule has 5 heteroatoms. The van der Waals surface area contributed by atoms with Crippen LogP contribution in [0.15, 0.2) is 18.2 Å². The maximum atomic E-state index is 11.8. The summed E-state index contributed by atoms with van der Waals surface area (Å²) in [6.07, 6.45) is 1.08. The van der Waals surface area contributed by atoms with Crippen molar-refractivity contribution < 1.29 is 14.3 Å². The average molecular weight is 280 g/mol. The highest BCUT2D eigenvalue weighted by atomic mass is 16.5. The van der Waals surface area contributed by atoms with Gasteiger partial charge in [-0.3, -0.25) is 4.79 Å². The van der Waals surface area contributed by atoms with Crippen LogP contribution >= 0.6 is 0 Å². The number of ether oxygens (including phenoxy) is 2. The number of hydrogen-bond donors (Lipinski definition) is 2. The first-order valence-corrected chi connectivity index (χ1v) is 7.01. The summed E-state index contributed by atoms with van der Waals surface area (Å²) in [4.78, 5) is 11.8. The van der Waals surface area contributed by atoms with Gasteiger partial charge in [-0.25, -0.2) is 0 Å². The van der Waals surface area contributed by atoms with Crippen molar-refractivity contribution in [3.05, 3.63) is 18.2 Å². The van der Waals surface area contributed by atoms with Crippen molar-refractivity contribution in [3.63, 3.8) is 0 Å². The Bertz CT molecular complexity index is 433. The van der Waals surface area contributed by atoms with Gasteiger partial charge in [-0.15, -0.1) is 0 Å². The van der Waals surface area contributed by atoms with Gasteiger partial charge in [-0.05, 0) is 39.3 Å². The van der Waals surface area contributed by atoms with E-state index in [4.69, 9.17) is 15.2 Å². The molecule has 0 aliphatic rings. The van der Waals surface area contributed by atoms with E-state index in [0.29, 0.717) is 43.2 Å². The first-order chi connectivity index (χ1) is 9.56. The van der Waals surface area contributed by atoms with E-state index in [9.17, 15) is 4.79 Å². The number of hydrogen-bond acceptors (Lipinski definition) is 4. The Morgan fingerprint density at radius 1 is 1.25 bits per heavy atom. The molecule has 0 radical (unpaired) electrons. The van der Waals surface area contributed by atoms with Gasteiger partial charge in [0.05, 0.1) is 13.2 Å². The van der Waals surface area contributed by atoms with E-state index in [1.165, 1.54) is 0 Å². The number of anilines is 1. The predicted molar refractivity (Wildman–Crippen MR) is 80.3 cm³/mol. The average Bonchev–Trinajstić information content (AvgIpc) is 2.40. The second-order valence-electron chi connectivity index (χ2n) is 4.59. The van der Waals surface area contributed by atoms with E-state index in [-0.39, 0.29) is 11.9 Å². The molecular formula is C15H24N2O3. The van der Waals surface area contributed by atoms with Crippen LogP contribution in [-0.2, 0) is 4.79 Å². The zero-order valence-corrected chi connectivity index (χ0v) is 12.4. The Labute approximate surface area is 120 Å². The van der Waals surface area contributed by atoms with Crippen LogP contribution in [0.1, 0.15) is 33.6 Å². The molecule has 0 heterocycles. The molecule has 112 valence electrons. The number of carbonyl (C=O) groups excluding carboxylic acids is 1. The number of benzene rings is 1. The molecule has 1 rings (SSSR count). The molecule has 0 aliphatic carbocycles. The molecule has 20 heavy (non-hydrogen) atoms. The molecule has 1 aromatic carbocycles. The molecule has 1 atom stereocenters. The van der Waals surface area contributed by atoms with Crippen LogP contribution in [0.2, 0.25) is 0 Å². The molecule has 1 aromatic rings. The van der Waals surface area contributed by atoms with Gasteiger partial charge in [0.2, 0.25) is 5.91 Å². The fraction of sp³-hybridized carbons (Fsp3) is 0.533. The normalized spacial score (nSPS) is 11.8. The van der Waals surface area contributed by atoms with Gasteiger partial charge in [0.1, 0.15) is 0 Å². The van der Waals surface area contributed by atoms with Crippen LogP contribution in [-0.4, -0.2) is 25.2 Å². The van der Waals surface area contributed by atoms with Gasteiger partial charge in [-0.1, -0.05) is 0 Å².